The first-order valence-corrected chi connectivity index (χ1v) is 6.36. The van der Waals surface area contributed by atoms with Crippen molar-refractivity contribution in [2.75, 3.05) is 19.6 Å². The Balaban J connectivity index is 2.07. The van der Waals surface area contributed by atoms with Crippen molar-refractivity contribution in [3.8, 4) is 0 Å². The van der Waals surface area contributed by atoms with Gasteiger partial charge in [0.2, 0.25) is 9.84 Å². The zero-order chi connectivity index (χ0) is 10.2. The van der Waals surface area contributed by atoms with E-state index in [0.717, 1.165) is 13.1 Å². The van der Waals surface area contributed by atoms with Gasteiger partial charge in [-0.15, -0.1) is 0 Å². The number of likely N-dealkylation sites (tertiary alicyclic amines) is 1. The second-order valence-electron chi connectivity index (χ2n) is 3.77. The molecule has 78 valence electrons. The van der Waals surface area contributed by atoms with E-state index in [1.54, 1.807) is 6.92 Å². The van der Waals surface area contributed by atoms with E-state index in [9.17, 15) is 8.42 Å². The Kier molecular flexibility index (Phi) is 2.45. The molecular formula is C9H14N2O2S. The molecule has 0 bridgehead atoms. The summed E-state index contributed by atoms with van der Waals surface area (Å²) in [6, 6.07) is 0. The summed E-state index contributed by atoms with van der Waals surface area (Å²) in [5.41, 5.74) is 0.685. The highest BCUT2D eigenvalue weighted by atomic mass is 32.2. The fraction of sp³-hybridized carbons (Fsp3) is 0.667. The van der Waals surface area contributed by atoms with Crippen LogP contribution >= 0.6 is 0 Å². The predicted octanol–water partition coefficient (Wildman–Crippen LogP) is 0.770. The second-order valence-corrected chi connectivity index (χ2v) is 5.68. The highest BCUT2D eigenvalue weighted by molar-refractivity contribution is 8.09. The van der Waals surface area contributed by atoms with Crippen molar-refractivity contribution < 1.29 is 8.42 Å². The topological polar surface area (TPSA) is 49.7 Å². The Morgan fingerprint density at radius 2 is 2.07 bits per heavy atom. The summed E-state index contributed by atoms with van der Waals surface area (Å²) in [6.07, 6.45) is 2.42. The SMILES string of the molecule is CC1=NC(CN2CCCC2)=CS1(=O)=O. The lowest BCUT2D eigenvalue weighted by Gasteiger charge is -2.12. The van der Waals surface area contributed by atoms with Gasteiger partial charge in [0.05, 0.1) is 11.1 Å². The van der Waals surface area contributed by atoms with Crippen LogP contribution in [0.5, 0.6) is 0 Å². The predicted molar refractivity (Wildman–Crippen MR) is 55.8 cm³/mol. The summed E-state index contributed by atoms with van der Waals surface area (Å²) < 4.78 is 22.6. The van der Waals surface area contributed by atoms with Crippen molar-refractivity contribution in [2.45, 2.75) is 19.8 Å². The monoisotopic (exact) mass is 214 g/mol. The van der Waals surface area contributed by atoms with Crippen LogP contribution in [0.25, 0.3) is 0 Å². The third-order valence-electron chi connectivity index (χ3n) is 2.59. The van der Waals surface area contributed by atoms with Gasteiger partial charge in [-0.2, -0.15) is 0 Å². The van der Waals surface area contributed by atoms with Gasteiger partial charge >= 0.3 is 0 Å². The minimum absolute atomic E-state index is 0.228. The third-order valence-corrected chi connectivity index (χ3v) is 4.09. The van der Waals surface area contributed by atoms with Gasteiger partial charge in [0, 0.05) is 6.54 Å². The van der Waals surface area contributed by atoms with Gasteiger partial charge in [-0.25, -0.2) is 13.4 Å². The molecule has 0 aromatic carbocycles. The second kappa shape index (κ2) is 3.47. The van der Waals surface area contributed by atoms with Crippen molar-refractivity contribution in [1.29, 1.82) is 0 Å². The number of hydrogen-bond acceptors (Lipinski definition) is 4. The molecule has 0 saturated carbocycles. The van der Waals surface area contributed by atoms with Crippen LogP contribution in [-0.2, 0) is 9.84 Å². The van der Waals surface area contributed by atoms with E-state index < -0.39 is 9.84 Å². The molecule has 2 heterocycles. The van der Waals surface area contributed by atoms with Crippen molar-refractivity contribution >= 4 is 14.9 Å². The first-order chi connectivity index (χ1) is 6.58. The molecule has 0 unspecified atom stereocenters. The summed E-state index contributed by atoms with van der Waals surface area (Å²) in [4.78, 5) is 6.29. The van der Waals surface area contributed by atoms with Gasteiger partial charge in [0.25, 0.3) is 0 Å². The minimum Gasteiger partial charge on any atom is -0.297 e. The Hall–Kier alpha value is -0.680. The third kappa shape index (κ3) is 1.88. The Bertz CT molecular complexity index is 389. The molecule has 0 aliphatic carbocycles. The highest BCUT2D eigenvalue weighted by Crippen LogP contribution is 2.17. The molecule has 0 atom stereocenters. The van der Waals surface area contributed by atoms with Gasteiger partial charge in [0.15, 0.2) is 0 Å². The van der Waals surface area contributed by atoms with Crippen LogP contribution in [0.2, 0.25) is 0 Å². The zero-order valence-corrected chi connectivity index (χ0v) is 9.05. The van der Waals surface area contributed by atoms with Crippen molar-refractivity contribution in [1.82, 2.24) is 4.90 Å². The van der Waals surface area contributed by atoms with Gasteiger partial charge in [-0.1, -0.05) is 0 Å². The highest BCUT2D eigenvalue weighted by Gasteiger charge is 2.22. The smallest absolute Gasteiger partial charge is 0.214 e. The molecule has 4 nitrogen and oxygen atoms in total. The summed E-state index contributed by atoms with van der Waals surface area (Å²) in [7, 11) is -3.15. The maximum atomic E-state index is 11.3. The molecule has 2 rings (SSSR count). The zero-order valence-electron chi connectivity index (χ0n) is 8.23. The molecule has 0 aromatic heterocycles. The van der Waals surface area contributed by atoms with Gasteiger partial charge in [0.1, 0.15) is 5.04 Å². The standard InChI is InChI=1S/C9H14N2O2S/c1-8-10-9(7-14(8,12)13)6-11-4-2-3-5-11/h7H,2-6H2,1H3. The van der Waals surface area contributed by atoms with Crippen molar-refractivity contribution in [3.05, 3.63) is 11.1 Å². The molecule has 1 fully saturated rings. The fourth-order valence-electron chi connectivity index (χ4n) is 1.80. The minimum atomic E-state index is -3.15. The summed E-state index contributed by atoms with van der Waals surface area (Å²) >= 11 is 0. The Morgan fingerprint density at radius 3 is 2.57 bits per heavy atom. The molecule has 1 saturated heterocycles. The first kappa shape index (κ1) is 9.86. The van der Waals surface area contributed by atoms with Crippen LogP contribution in [-0.4, -0.2) is 38.0 Å². The molecule has 0 N–H and O–H groups in total. The van der Waals surface area contributed by atoms with E-state index in [1.807, 2.05) is 0 Å². The maximum absolute atomic E-state index is 11.3. The van der Waals surface area contributed by atoms with Crippen LogP contribution in [0.3, 0.4) is 0 Å². The van der Waals surface area contributed by atoms with E-state index >= 15 is 0 Å². The number of hydrogen-bond donors (Lipinski definition) is 0. The summed E-state index contributed by atoms with van der Waals surface area (Å²) in [6.45, 7) is 4.34. The van der Waals surface area contributed by atoms with Crippen LogP contribution < -0.4 is 0 Å². The normalized spacial score (nSPS) is 26.4. The van der Waals surface area contributed by atoms with Crippen molar-refractivity contribution in [2.24, 2.45) is 4.99 Å². The van der Waals surface area contributed by atoms with E-state index in [2.05, 4.69) is 9.89 Å². The number of rotatable bonds is 2. The van der Waals surface area contributed by atoms with Crippen LogP contribution in [0.4, 0.5) is 0 Å². The lowest BCUT2D eigenvalue weighted by molar-refractivity contribution is 0.368. The number of nitrogens with zero attached hydrogens (tertiary/aromatic N) is 2. The first-order valence-electron chi connectivity index (χ1n) is 4.81. The average Bonchev–Trinajstić information content (AvgIpc) is 2.62. The molecule has 2 aliphatic rings. The average molecular weight is 214 g/mol. The van der Waals surface area contributed by atoms with Gasteiger partial charge in [-0.3, -0.25) is 4.90 Å². The number of aliphatic imine (C=N–C) groups is 1. The van der Waals surface area contributed by atoms with Crippen molar-refractivity contribution in [3.63, 3.8) is 0 Å². The maximum Gasteiger partial charge on any atom is 0.214 e. The molecule has 2 aliphatic heterocycles. The molecular weight excluding hydrogens is 200 g/mol. The summed E-state index contributed by atoms with van der Waals surface area (Å²) in [5, 5.41) is 1.52. The largest absolute Gasteiger partial charge is 0.297 e. The number of sulfone groups is 1. The van der Waals surface area contributed by atoms with E-state index in [-0.39, 0.29) is 5.04 Å². The Labute approximate surface area is 84.2 Å². The molecule has 0 spiro atoms. The Morgan fingerprint density at radius 1 is 1.43 bits per heavy atom. The van der Waals surface area contributed by atoms with Gasteiger partial charge < -0.3 is 0 Å². The van der Waals surface area contributed by atoms with Crippen LogP contribution in [0, 0.1) is 0 Å². The van der Waals surface area contributed by atoms with E-state index in [1.165, 1.54) is 18.2 Å². The summed E-state index contributed by atoms with van der Waals surface area (Å²) in [5.74, 6) is 0. The van der Waals surface area contributed by atoms with Gasteiger partial charge in [-0.05, 0) is 32.9 Å². The quantitative estimate of drug-likeness (QED) is 0.682. The van der Waals surface area contributed by atoms with Crippen LogP contribution in [0.1, 0.15) is 19.8 Å². The molecule has 14 heavy (non-hydrogen) atoms. The molecule has 0 aromatic rings. The lowest BCUT2D eigenvalue weighted by Crippen LogP contribution is -2.21. The molecule has 0 amide bonds. The van der Waals surface area contributed by atoms with E-state index in [4.69, 9.17) is 0 Å². The molecule has 0 radical (unpaired) electrons. The molecule has 5 heteroatoms. The van der Waals surface area contributed by atoms with Crippen LogP contribution in [0.15, 0.2) is 16.1 Å². The lowest BCUT2D eigenvalue weighted by atomic mass is 10.4. The fourth-order valence-corrected chi connectivity index (χ4v) is 2.70. The van der Waals surface area contributed by atoms with E-state index in [0.29, 0.717) is 12.2 Å².